The number of rotatable bonds is 9. The van der Waals surface area contributed by atoms with Crippen molar-refractivity contribution in [1.82, 2.24) is 14.8 Å². The molecule has 160 valence electrons. The van der Waals surface area contributed by atoms with E-state index in [1.807, 2.05) is 25.1 Å². The maximum absolute atomic E-state index is 13.0. The van der Waals surface area contributed by atoms with Crippen LogP contribution in [0, 0.1) is 0 Å². The van der Waals surface area contributed by atoms with E-state index in [1.54, 1.807) is 29.6 Å². The van der Waals surface area contributed by atoms with Crippen molar-refractivity contribution in [3.8, 4) is 5.75 Å². The number of nitrogens with one attached hydrogen (secondary N) is 1. The number of benzene rings is 1. The van der Waals surface area contributed by atoms with Crippen LogP contribution in [-0.4, -0.2) is 40.2 Å². The molecule has 0 saturated heterocycles. The molecule has 1 aromatic heterocycles. The van der Waals surface area contributed by atoms with Gasteiger partial charge in [0.2, 0.25) is 11.1 Å². The summed E-state index contributed by atoms with van der Waals surface area (Å²) in [4.78, 5) is 17.6. The second-order valence-electron chi connectivity index (χ2n) is 6.70. The Morgan fingerprint density at radius 3 is 2.97 bits per heavy atom. The summed E-state index contributed by atoms with van der Waals surface area (Å²) < 4.78 is 13.6. The molecule has 0 bridgehead atoms. The van der Waals surface area contributed by atoms with Crippen LogP contribution in [0.25, 0.3) is 0 Å². The highest BCUT2D eigenvalue weighted by Gasteiger charge is 2.36. The summed E-state index contributed by atoms with van der Waals surface area (Å²) in [7, 11) is 1.61. The molecule has 1 aromatic carbocycles. The molecule has 30 heavy (non-hydrogen) atoms. The summed E-state index contributed by atoms with van der Waals surface area (Å²) in [6, 6.07) is 5.14. The number of carbonyl (C=O) groups is 1. The molecule has 1 unspecified atom stereocenters. The quantitative estimate of drug-likeness (QED) is 0.229. The minimum absolute atomic E-state index is 0.125. The van der Waals surface area contributed by atoms with Gasteiger partial charge >= 0.3 is 5.97 Å². The van der Waals surface area contributed by atoms with Crippen molar-refractivity contribution in [2.45, 2.75) is 37.9 Å². The van der Waals surface area contributed by atoms with Crippen molar-refractivity contribution in [3.63, 3.8) is 0 Å². The van der Waals surface area contributed by atoms with E-state index in [4.69, 9.17) is 14.6 Å². The van der Waals surface area contributed by atoms with Crippen LogP contribution < -0.4 is 10.1 Å². The first-order valence-electron chi connectivity index (χ1n) is 9.68. The summed E-state index contributed by atoms with van der Waals surface area (Å²) in [6.45, 7) is 7.74. The first-order chi connectivity index (χ1) is 14.5. The predicted molar refractivity (Wildman–Crippen MR) is 122 cm³/mol. The third-order valence-electron chi connectivity index (χ3n) is 4.60. The molecule has 1 aliphatic heterocycles. The zero-order valence-electron chi connectivity index (χ0n) is 17.3. The Hall–Kier alpha value is -2.26. The maximum Gasteiger partial charge on any atom is 0.338 e. The van der Waals surface area contributed by atoms with Gasteiger partial charge in [-0.25, -0.2) is 9.48 Å². The Labute approximate surface area is 189 Å². The number of esters is 1. The molecule has 0 fully saturated rings. The fourth-order valence-corrected chi connectivity index (χ4v) is 4.47. The SMILES string of the molecule is C=CCOC(=O)C1=C(C)Nc2nc(SCCCC)nn2C1c1cc(Br)ccc1OC. The van der Waals surface area contributed by atoms with E-state index in [-0.39, 0.29) is 6.61 Å². The van der Waals surface area contributed by atoms with Gasteiger partial charge in [-0.15, -0.1) is 5.10 Å². The number of allylic oxidation sites excluding steroid dienone is 1. The van der Waals surface area contributed by atoms with Gasteiger partial charge in [-0.05, 0) is 31.5 Å². The Morgan fingerprint density at radius 1 is 1.47 bits per heavy atom. The van der Waals surface area contributed by atoms with Gasteiger partial charge in [-0.2, -0.15) is 4.98 Å². The molecule has 9 heteroatoms. The molecule has 1 aliphatic rings. The van der Waals surface area contributed by atoms with Crippen LogP contribution in [0.4, 0.5) is 5.95 Å². The van der Waals surface area contributed by atoms with E-state index in [0.717, 1.165) is 28.6 Å². The molecule has 7 nitrogen and oxygen atoms in total. The van der Waals surface area contributed by atoms with Crippen molar-refractivity contribution < 1.29 is 14.3 Å². The minimum atomic E-state index is -0.543. The number of carbonyl (C=O) groups excluding carboxylic acids is 1. The van der Waals surface area contributed by atoms with Crippen LogP contribution in [0.3, 0.4) is 0 Å². The number of unbranched alkanes of at least 4 members (excludes halogenated alkanes) is 1. The van der Waals surface area contributed by atoms with Crippen molar-refractivity contribution in [2.75, 3.05) is 24.8 Å². The van der Waals surface area contributed by atoms with Gasteiger partial charge in [-0.3, -0.25) is 0 Å². The molecule has 3 rings (SSSR count). The van der Waals surface area contributed by atoms with E-state index in [9.17, 15) is 4.79 Å². The van der Waals surface area contributed by atoms with Gasteiger partial charge in [0.15, 0.2) is 0 Å². The van der Waals surface area contributed by atoms with Crippen LogP contribution in [0.1, 0.15) is 38.3 Å². The largest absolute Gasteiger partial charge is 0.496 e. The van der Waals surface area contributed by atoms with E-state index in [1.165, 1.54) is 0 Å². The lowest BCUT2D eigenvalue weighted by molar-refractivity contribution is -0.138. The van der Waals surface area contributed by atoms with Crippen LogP contribution in [0.2, 0.25) is 0 Å². The van der Waals surface area contributed by atoms with Crippen LogP contribution in [-0.2, 0) is 9.53 Å². The van der Waals surface area contributed by atoms with E-state index in [0.29, 0.717) is 28.1 Å². The molecule has 1 atom stereocenters. The Morgan fingerprint density at radius 2 is 2.27 bits per heavy atom. The molecule has 1 N–H and O–H groups in total. The lowest BCUT2D eigenvalue weighted by Crippen LogP contribution is -2.30. The van der Waals surface area contributed by atoms with Gasteiger partial charge in [-0.1, -0.05) is 53.7 Å². The van der Waals surface area contributed by atoms with Crippen LogP contribution in [0.5, 0.6) is 5.75 Å². The standard InChI is InChI=1S/C21H25BrN4O3S/c1-5-7-11-30-21-24-20-23-13(3)17(19(27)29-10-6-2)18(26(20)25-21)15-12-14(22)8-9-16(15)28-4/h6,8-9,12,18H,2,5,7,10-11H2,1,3-4H3,(H,23,24,25). The number of nitrogens with zero attached hydrogens (tertiary/aromatic N) is 3. The molecule has 0 radical (unpaired) electrons. The van der Waals surface area contributed by atoms with Gasteiger partial charge in [0.25, 0.3) is 0 Å². The number of halogens is 1. The zero-order valence-corrected chi connectivity index (χ0v) is 19.7. The minimum Gasteiger partial charge on any atom is -0.496 e. The summed E-state index contributed by atoms with van der Waals surface area (Å²) >= 11 is 5.13. The van der Waals surface area contributed by atoms with Crippen LogP contribution in [0.15, 0.2) is 51.8 Å². The average Bonchev–Trinajstić information content (AvgIpc) is 3.13. The molecule has 0 spiro atoms. The van der Waals surface area contributed by atoms with Crippen molar-refractivity contribution in [3.05, 3.63) is 52.2 Å². The maximum atomic E-state index is 13.0. The highest BCUT2D eigenvalue weighted by atomic mass is 79.9. The zero-order chi connectivity index (χ0) is 21.7. The third-order valence-corrected chi connectivity index (χ3v) is 6.02. The predicted octanol–water partition coefficient (Wildman–Crippen LogP) is 4.96. The molecule has 0 aliphatic carbocycles. The number of hydrogen-bond donors (Lipinski definition) is 1. The molecule has 0 saturated carbocycles. The second kappa shape index (κ2) is 10.2. The average molecular weight is 493 g/mol. The van der Waals surface area contributed by atoms with Crippen molar-refractivity contribution in [2.24, 2.45) is 0 Å². The summed E-state index contributed by atoms with van der Waals surface area (Å²) in [6.07, 6.45) is 3.74. The van der Waals surface area contributed by atoms with E-state index >= 15 is 0 Å². The number of fused-ring (bicyclic) bond motifs is 1. The number of hydrogen-bond acceptors (Lipinski definition) is 7. The Bertz CT molecular complexity index is 973. The van der Waals surface area contributed by atoms with Crippen LogP contribution >= 0.6 is 27.7 Å². The van der Waals surface area contributed by atoms with E-state index < -0.39 is 12.0 Å². The molecule has 2 heterocycles. The fraction of sp³-hybridized carbons (Fsp3) is 0.381. The third kappa shape index (κ3) is 4.73. The molecule has 0 amide bonds. The van der Waals surface area contributed by atoms with Gasteiger partial charge in [0, 0.05) is 21.5 Å². The summed E-state index contributed by atoms with van der Waals surface area (Å²) in [5, 5.41) is 8.58. The number of ether oxygens (including phenoxy) is 2. The summed E-state index contributed by atoms with van der Waals surface area (Å²) in [5.74, 6) is 1.73. The number of anilines is 1. The summed E-state index contributed by atoms with van der Waals surface area (Å²) in [5.41, 5.74) is 1.91. The Balaban J connectivity index is 2.11. The van der Waals surface area contributed by atoms with E-state index in [2.05, 4.69) is 39.7 Å². The fourth-order valence-electron chi connectivity index (χ4n) is 3.18. The highest BCUT2D eigenvalue weighted by Crippen LogP contribution is 2.41. The lowest BCUT2D eigenvalue weighted by Gasteiger charge is -2.29. The Kier molecular flexibility index (Phi) is 7.60. The molecule has 2 aromatic rings. The number of thioether (sulfide) groups is 1. The number of methoxy groups -OCH3 is 1. The molecular formula is C21H25BrN4O3S. The molecular weight excluding hydrogens is 468 g/mol. The lowest BCUT2D eigenvalue weighted by atomic mass is 9.95. The monoisotopic (exact) mass is 492 g/mol. The first-order valence-corrected chi connectivity index (χ1v) is 11.5. The topological polar surface area (TPSA) is 78.3 Å². The second-order valence-corrected chi connectivity index (χ2v) is 8.68. The van der Waals surface area contributed by atoms with Crippen molar-refractivity contribution in [1.29, 1.82) is 0 Å². The van der Waals surface area contributed by atoms with Gasteiger partial charge in [0.1, 0.15) is 18.4 Å². The smallest absolute Gasteiger partial charge is 0.338 e. The van der Waals surface area contributed by atoms with Gasteiger partial charge in [0.05, 0.1) is 12.7 Å². The first kappa shape index (κ1) is 22.4. The normalized spacial score (nSPS) is 15.4. The highest BCUT2D eigenvalue weighted by molar-refractivity contribution is 9.10. The van der Waals surface area contributed by atoms with Crippen molar-refractivity contribution >= 4 is 39.6 Å². The van der Waals surface area contributed by atoms with Gasteiger partial charge < -0.3 is 14.8 Å². The number of aromatic nitrogens is 3.